The molecule has 1 heterocycles. The van der Waals surface area contributed by atoms with Gasteiger partial charge in [-0.3, -0.25) is 0 Å². The van der Waals surface area contributed by atoms with E-state index < -0.39 is 0 Å². The third-order valence-corrected chi connectivity index (χ3v) is 4.30. The molecule has 1 fully saturated rings. The van der Waals surface area contributed by atoms with Crippen LogP contribution < -0.4 is 5.73 Å². The predicted octanol–water partition coefficient (Wildman–Crippen LogP) is 4.02. The van der Waals surface area contributed by atoms with E-state index in [2.05, 4.69) is 23.4 Å². The molecular weight excluding hydrogens is 246 g/mol. The summed E-state index contributed by atoms with van der Waals surface area (Å²) in [7, 11) is 0. The maximum absolute atomic E-state index is 6.31. The second kappa shape index (κ2) is 3.89. The molecule has 1 unspecified atom stereocenters. The molecule has 1 aromatic heterocycles. The predicted molar refractivity (Wildman–Crippen MR) is 75.8 cm³/mol. The largest absolute Gasteiger partial charge is 0.369 e. The molecule has 0 spiro atoms. The van der Waals surface area contributed by atoms with Gasteiger partial charge in [0.15, 0.2) is 0 Å². The average molecular weight is 264 g/mol. The zero-order valence-electron chi connectivity index (χ0n) is 10.8. The van der Waals surface area contributed by atoms with Crippen molar-refractivity contribution in [3.8, 4) is 0 Å². The summed E-state index contributed by atoms with van der Waals surface area (Å²) in [6.07, 6.45) is 3.50. The number of imidazole rings is 1. The number of fused-ring (bicyclic) bond motifs is 1. The number of hydrogen-bond donors (Lipinski definition) is 1. The maximum atomic E-state index is 6.31. The van der Waals surface area contributed by atoms with E-state index in [1.807, 2.05) is 18.2 Å². The van der Waals surface area contributed by atoms with Crippen LogP contribution in [-0.2, 0) is 0 Å². The Morgan fingerprint density at radius 2 is 2.22 bits per heavy atom. The van der Waals surface area contributed by atoms with Gasteiger partial charge in [0, 0.05) is 6.04 Å². The molecular formula is C14H18ClN3. The third-order valence-electron chi connectivity index (χ3n) is 4.00. The Balaban J connectivity index is 2.15. The quantitative estimate of drug-likeness (QED) is 0.844. The number of nitrogens with two attached hydrogens (primary N) is 1. The summed E-state index contributed by atoms with van der Waals surface area (Å²) in [6.45, 7) is 4.62. The van der Waals surface area contributed by atoms with E-state index in [0.29, 0.717) is 17.4 Å². The fourth-order valence-corrected chi connectivity index (χ4v) is 3.37. The number of nitrogen functional groups attached to an aromatic ring is 1. The highest BCUT2D eigenvalue weighted by molar-refractivity contribution is 6.35. The number of para-hydroxylation sites is 1. The lowest BCUT2D eigenvalue weighted by atomic mass is 9.92. The summed E-state index contributed by atoms with van der Waals surface area (Å²) in [5.74, 6) is 0.584. The second-order valence-corrected chi connectivity index (χ2v) is 6.42. The van der Waals surface area contributed by atoms with Crippen molar-refractivity contribution in [3.05, 3.63) is 23.2 Å². The van der Waals surface area contributed by atoms with Crippen LogP contribution in [0.4, 0.5) is 5.95 Å². The molecule has 3 rings (SSSR count). The van der Waals surface area contributed by atoms with Crippen LogP contribution in [-0.4, -0.2) is 9.55 Å². The lowest BCUT2D eigenvalue weighted by Gasteiger charge is -2.19. The first-order valence-corrected chi connectivity index (χ1v) is 6.78. The van der Waals surface area contributed by atoms with Crippen LogP contribution in [0.3, 0.4) is 0 Å². The molecule has 2 N–H and O–H groups in total. The number of aromatic nitrogens is 2. The van der Waals surface area contributed by atoms with E-state index in [4.69, 9.17) is 17.3 Å². The zero-order chi connectivity index (χ0) is 12.9. The number of hydrogen-bond acceptors (Lipinski definition) is 2. The normalized spacial score (nSPS) is 22.7. The van der Waals surface area contributed by atoms with Crippen molar-refractivity contribution in [2.24, 2.45) is 5.41 Å². The SMILES string of the molecule is CC1(C)CCC(n2c(N)nc3cccc(Cl)c32)C1. The Morgan fingerprint density at radius 1 is 1.44 bits per heavy atom. The van der Waals surface area contributed by atoms with Crippen molar-refractivity contribution in [1.29, 1.82) is 0 Å². The Morgan fingerprint density at radius 3 is 2.89 bits per heavy atom. The molecule has 1 aliphatic carbocycles. The van der Waals surface area contributed by atoms with Crippen LogP contribution in [0.15, 0.2) is 18.2 Å². The molecule has 0 saturated heterocycles. The molecule has 96 valence electrons. The number of benzene rings is 1. The summed E-state index contributed by atoms with van der Waals surface area (Å²) in [4.78, 5) is 4.42. The lowest BCUT2D eigenvalue weighted by molar-refractivity contribution is 0.361. The van der Waals surface area contributed by atoms with Crippen molar-refractivity contribution in [3.63, 3.8) is 0 Å². The molecule has 0 bridgehead atoms. The number of halogens is 1. The molecule has 18 heavy (non-hydrogen) atoms. The molecule has 3 nitrogen and oxygen atoms in total. The van der Waals surface area contributed by atoms with E-state index in [0.717, 1.165) is 28.9 Å². The molecule has 0 aliphatic heterocycles. The van der Waals surface area contributed by atoms with Gasteiger partial charge in [0.05, 0.1) is 16.1 Å². The number of rotatable bonds is 1. The van der Waals surface area contributed by atoms with Crippen molar-refractivity contribution in [1.82, 2.24) is 9.55 Å². The Bertz CT molecular complexity index is 600. The smallest absolute Gasteiger partial charge is 0.201 e. The Hall–Kier alpha value is -1.22. The fourth-order valence-electron chi connectivity index (χ4n) is 3.11. The molecule has 4 heteroatoms. The first-order valence-electron chi connectivity index (χ1n) is 6.40. The zero-order valence-corrected chi connectivity index (χ0v) is 11.5. The molecule has 0 amide bonds. The Labute approximate surface area is 112 Å². The van der Waals surface area contributed by atoms with E-state index in [1.165, 1.54) is 6.42 Å². The molecule has 1 aromatic carbocycles. The van der Waals surface area contributed by atoms with Crippen LogP contribution in [0.1, 0.15) is 39.2 Å². The van der Waals surface area contributed by atoms with Crippen LogP contribution >= 0.6 is 11.6 Å². The highest BCUT2D eigenvalue weighted by Crippen LogP contribution is 2.45. The van der Waals surface area contributed by atoms with Crippen LogP contribution in [0.5, 0.6) is 0 Å². The van der Waals surface area contributed by atoms with Gasteiger partial charge < -0.3 is 10.3 Å². The summed E-state index contributed by atoms with van der Waals surface area (Å²) in [5.41, 5.74) is 8.35. The van der Waals surface area contributed by atoms with Crippen molar-refractivity contribution >= 4 is 28.6 Å². The number of anilines is 1. The van der Waals surface area contributed by atoms with E-state index in [1.54, 1.807) is 0 Å². The topological polar surface area (TPSA) is 43.8 Å². The monoisotopic (exact) mass is 263 g/mol. The minimum Gasteiger partial charge on any atom is -0.369 e. The fraction of sp³-hybridized carbons (Fsp3) is 0.500. The minimum atomic E-state index is 0.384. The van der Waals surface area contributed by atoms with Crippen LogP contribution in [0, 0.1) is 5.41 Å². The first kappa shape index (κ1) is 11.8. The van der Waals surface area contributed by atoms with Crippen molar-refractivity contribution in [2.45, 2.75) is 39.2 Å². The van der Waals surface area contributed by atoms with Gasteiger partial charge in [-0.15, -0.1) is 0 Å². The third kappa shape index (κ3) is 1.77. The van der Waals surface area contributed by atoms with Gasteiger partial charge >= 0.3 is 0 Å². The molecule has 1 atom stereocenters. The number of nitrogens with zero attached hydrogens (tertiary/aromatic N) is 2. The standard InChI is InChI=1S/C14H18ClN3/c1-14(2)7-6-9(8-14)18-12-10(15)4-3-5-11(12)17-13(18)16/h3-5,9H,6-8H2,1-2H3,(H2,16,17). The molecule has 1 saturated carbocycles. The first-order chi connectivity index (χ1) is 8.48. The van der Waals surface area contributed by atoms with E-state index >= 15 is 0 Å². The van der Waals surface area contributed by atoms with Gasteiger partial charge in [-0.25, -0.2) is 4.98 Å². The lowest BCUT2D eigenvalue weighted by Crippen LogP contribution is -2.11. The summed E-state index contributed by atoms with van der Waals surface area (Å²) < 4.78 is 2.13. The van der Waals surface area contributed by atoms with Crippen molar-refractivity contribution < 1.29 is 0 Å². The van der Waals surface area contributed by atoms with Crippen molar-refractivity contribution in [2.75, 3.05) is 5.73 Å². The summed E-state index contributed by atoms with van der Waals surface area (Å²) in [5, 5.41) is 0.737. The van der Waals surface area contributed by atoms with Gasteiger partial charge in [-0.2, -0.15) is 0 Å². The van der Waals surface area contributed by atoms with E-state index in [9.17, 15) is 0 Å². The van der Waals surface area contributed by atoms with Gasteiger partial charge in [-0.05, 0) is 36.8 Å². The highest BCUT2D eigenvalue weighted by atomic mass is 35.5. The van der Waals surface area contributed by atoms with E-state index in [-0.39, 0.29) is 0 Å². The summed E-state index contributed by atoms with van der Waals surface area (Å²) in [6, 6.07) is 6.21. The van der Waals surface area contributed by atoms with Crippen LogP contribution in [0.2, 0.25) is 5.02 Å². The minimum absolute atomic E-state index is 0.384. The molecule has 0 radical (unpaired) electrons. The van der Waals surface area contributed by atoms with Gasteiger partial charge in [0.25, 0.3) is 0 Å². The molecule has 1 aliphatic rings. The van der Waals surface area contributed by atoms with Gasteiger partial charge in [0.1, 0.15) is 0 Å². The second-order valence-electron chi connectivity index (χ2n) is 6.01. The highest BCUT2D eigenvalue weighted by Gasteiger charge is 2.33. The van der Waals surface area contributed by atoms with Gasteiger partial charge in [0.2, 0.25) is 5.95 Å². The Kier molecular flexibility index (Phi) is 2.56. The van der Waals surface area contributed by atoms with Gasteiger partial charge in [-0.1, -0.05) is 31.5 Å². The average Bonchev–Trinajstić information content (AvgIpc) is 2.79. The molecule has 2 aromatic rings. The maximum Gasteiger partial charge on any atom is 0.201 e. The summed E-state index contributed by atoms with van der Waals surface area (Å²) >= 11 is 6.31. The van der Waals surface area contributed by atoms with Crippen LogP contribution in [0.25, 0.3) is 11.0 Å².